The van der Waals surface area contributed by atoms with Gasteiger partial charge in [-0.3, -0.25) is 10.1 Å². The maximum atomic E-state index is 10.6. The number of ether oxygens (including phenoxy) is 2. The van der Waals surface area contributed by atoms with Gasteiger partial charge in [0.1, 0.15) is 24.1 Å². The minimum absolute atomic E-state index is 0.0337. The third-order valence-electron chi connectivity index (χ3n) is 3.23. The third-order valence-corrected chi connectivity index (χ3v) is 3.53. The minimum atomic E-state index is -1.62. The smallest absolute Gasteiger partial charge is 0.271 e. The first kappa shape index (κ1) is 16.9. The van der Waals surface area contributed by atoms with Crippen molar-refractivity contribution in [3.63, 3.8) is 0 Å². The molecule has 122 valence electrons. The molecule has 0 aliphatic carbocycles. The summed E-state index contributed by atoms with van der Waals surface area (Å²) in [4.78, 5) is 9.98. The lowest BCUT2D eigenvalue weighted by Gasteiger charge is -2.39. The van der Waals surface area contributed by atoms with E-state index in [1.807, 2.05) is 0 Å². The van der Waals surface area contributed by atoms with Crippen LogP contribution in [0.15, 0.2) is 18.2 Å². The highest BCUT2D eigenvalue weighted by Crippen LogP contribution is 2.32. The molecule has 1 aromatic rings. The zero-order valence-corrected chi connectivity index (χ0v) is 11.8. The number of nitro benzene ring substituents is 1. The largest absolute Gasteiger partial charge is 0.481 e. The van der Waals surface area contributed by atoms with E-state index in [-0.39, 0.29) is 16.5 Å². The molecule has 0 amide bonds. The molecule has 2 rings (SSSR count). The van der Waals surface area contributed by atoms with Crippen molar-refractivity contribution >= 4 is 17.3 Å². The molecule has 0 spiro atoms. The second-order valence-corrected chi connectivity index (χ2v) is 5.09. The fraction of sp³-hybridized carbons (Fsp3) is 0.500. The van der Waals surface area contributed by atoms with Gasteiger partial charge < -0.3 is 29.9 Å². The Kier molecular flexibility index (Phi) is 5.16. The number of benzene rings is 1. The van der Waals surface area contributed by atoms with Crippen LogP contribution in [-0.4, -0.2) is 62.7 Å². The van der Waals surface area contributed by atoms with E-state index in [4.69, 9.17) is 26.2 Å². The highest BCUT2D eigenvalue weighted by atomic mass is 35.5. The number of halogens is 1. The first-order chi connectivity index (χ1) is 10.3. The quantitative estimate of drug-likeness (QED) is 0.423. The molecule has 1 aliphatic rings. The predicted octanol–water partition coefficient (Wildman–Crippen LogP) is -0.573. The van der Waals surface area contributed by atoms with Crippen LogP contribution in [0.4, 0.5) is 5.69 Å². The van der Waals surface area contributed by atoms with Gasteiger partial charge in [-0.1, -0.05) is 11.6 Å². The number of hydrogen-bond donors (Lipinski definition) is 4. The highest BCUT2D eigenvalue weighted by molar-refractivity contribution is 6.32. The number of aliphatic hydroxyl groups excluding tert-OH is 4. The summed E-state index contributed by atoms with van der Waals surface area (Å²) in [5, 5.41) is 48.9. The van der Waals surface area contributed by atoms with Gasteiger partial charge in [-0.2, -0.15) is 0 Å². The van der Waals surface area contributed by atoms with Crippen LogP contribution in [0.1, 0.15) is 0 Å². The zero-order chi connectivity index (χ0) is 16.4. The van der Waals surface area contributed by atoms with E-state index >= 15 is 0 Å². The number of hydrogen-bond acceptors (Lipinski definition) is 8. The maximum Gasteiger partial charge on any atom is 0.271 e. The van der Waals surface area contributed by atoms with Gasteiger partial charge in [0.2, 0.25) is 0 Å². The third kappa shape index (κ3) is 3.29. The molecule has 10 heteroatoms. The summed E-state index contributed by atoms with van der Waals surface area (Å²) in [6, 6.07) is 3.38. The second kappa shape index (κ2) is 6.73. The molecular formula is C12H14ClNO8. The number of aliphatic hydroxyl groups is 4. The molecule has 1 fully saturated rings. The number of non-ortho nitro benzene ring substituents is 1. The topological polar surface area (TPSA) is 143 Å². The van der Waals surface area contributed by atoms with Crippen LogP contribution in [0.25, 0.3) is 0 Å². The van der Waals surface area contributed by atoms with Gasteiger partial charge in [0, 0.05) is 12.1 Å². The lowest BCUT2D eigenvalue weighted by Crippen LogP contribution is -2.60. The van der Waals surface area contributed by atoms with Gasteiger partial charge in [-0.25, -0.2) is 0 Å². The van der Waals surface area contributed by atoms with Crippen molar-refractivity contribution in [3.05, 3.63) is 33.3 Å². The molecule has 9 nitrogen and oxygen atoms in total. The Hall–Kier alpha value is -1.49. The average molecular weight is 336 g/mol. The van der Waals surface area contributed by atoms with Crippen molar-refractivity contribution in [1.29, 1.82) is 0 Å². The Balaban J connectivity index is 2.17. The van der Waals surface area contributed by atoms with Crippen LogP contribution in [-0.2, 0) is 4.74 Å². The SMILES string of the molecule is O=[N+]([O-])c1ccc(O[C@H]2C(O)O[C@H](CO)[C@@H](O)[C@@H]2O)c(Cl)c1. The van der Waals surface area contributed by atoms with Crippen LogP contribution < -0.4 is 4.74 Å². The minimum Gasteiger partial charge on any atom is -0.481 e. The molecule has 1 unspecified atom stereocenters. The lowest BCUT2D eigenvalue weighted by molar-refractivity contribution is -0.384. The Labute approximate surface area is 129 Å². The van der Waals surface area contributed by atoms with E-state index in [1.165, 1.54) is 6.07 Å². The van der Waals surface area contributed by atoms with Crippen LogP contribution in [0.5, 0.6) is 5.75 Å². The molecule has 0 radical (unpaired) electrons. The summed E-state index contributed by atoms with van der Waals surface area (Å²) in [6.45, 7) is -0.597. The maximum absolute atomic E-state index is 10.6. The normalized spacial score (nSPS) is 31.8. The van der Waals surface area contributed by atoms with Crippen molar-refractivity contribution in [2.45, 2.75) is 30.7 Å². The fourth-order valence-corrected chi connectivity index (χ4v) is 2.26. The van der Waals surface area contributed by atoms with E-state index in [1.54, 1.807) is 0 Å². The average Bonchev–Trinajstić information content (AvgIpc) is 2.48. The highest BCUT2D eigenvalue weighted by Gasteiger charge is 2.45. The Morgan fingerprint density at radius 1 is 1.32 bits per heavy atom. The molecular weight excluding hydrogens is 322 g/mol. The van der Waals surface area contributed by atoms with Crippen molar-refractivity contribution < 1.29 is 34.8 Å². The molecule has 1 saturated heterocycles. The first-order valence-electron chi connectivity index (χ1n) is 6.26. The monoisotopic (exact) mass is 335 g/mol. The van der Waals surface area contributed by atoms with E-state index in [0.717, 1.165) is 12.1 Å². The number of rotatable bonds is 4. The summed E-state index contributed by atoms with van der Waals surface area (Å²) in [6.07, 6.45) is -7.18. The summed E-state index contributed by atoms with van der Waals surface area (Å²) in [7, 11) is 0. The number of nitro groups is 1. The molecule has 22 heavy (non-hydrogen) atoms. The molecule has 0 aromatic heterocycles. The van der Waals surface area contributed by atoms with Crippen molar-refractivity contribution in [2.75, 3.05) is 6.61 Å². The molecule has 5 atom stereocenters. The predicted molar refractivity (Wildman–Crippen MR) is 72.5 cm³/mol. The molecule has 1 aromatic carbocycles. The zero-order valence-electron chi connectivity index (χ0n) is 11.1. The van der Waals surface area contributed by atoms with Gasteiger partial charge in [0.05, 0.1) is 16.6 Å². The Morgan fingerprint density at radius 2 is 2.00 bits per heavy atom. The molecule has 4 N–H and O–H groups in total. The van der Waals surface area contributed by atoms with Gasteiger partial charge >= 0.3 is 0 Å². The van der Waals surface area contributed by atoms with E-state index in [9.17, 15) is 25.4 Å². The van der Waals surface area contributed by atoms with Gasteiger partial charge in [-0.15, -0.1) is 0 Å². The molecule has 0 bridgehead atoms. The van der Waals surface area contributed by atoms with E-state index < -0.39 is 42.2 Å². The summed E-state index contributed by atoms with van der Waals surface area (Å²) in [5.74, 6) is -0.0337. The van der Waals surface area contributed by atoms with E-state index in [2.05, 4.69) is 0 Å². The fourth-order valence-electron chi connectivity index (χ4n) is 2.04. The summed E-state index contributed by atoms with van der Waals surface area (Å²) < 4.78 is 10.2. The Morgan fingerprint density at radius 3 is 2.55 bits per heavy atom. The Bertz CT molecular complexity index is 556. The van der Waals surface area contributed by atoms with Crippen molar-refractivity contribution in [2.24, 2.45) is 0 Å². The van der Waals surface area contributed by atoms with Gasteiger partial charge in [0.25, 0.3) is 5.69 Å². The van der Waals surface area contributed by atoms with Crippen LogP contribution in [0, 0.1) is 10.1 Å². The molecule has 0 saturated carbocycles. The van der Waals surface area contributed by atoms with E-state index in [0.29, 0.717) is 0 Å². The van der Waals surface area contributed by atoms with Gasteiger partial charge in [0.15, 0.2) is 12.4 Å². The van der Waals surface area contributed by atoms with Crippen LogP contribution in [0.3, 0.4) is 0 Å². The van der Waals surface area contributed by atoms with Gasteiger partial charge in [-0.05, 0) is 6.07 Å². The van der Waals surface area contributed by atoms with Crippen LogP contribution >= 0.6 is 11.6 Å². The second-order valence-electron chi connectivity index (χ2n) is 4.68. The first-order valence-corrected chi connectivity index (χ1v) is 6.64. The lowest BCUT2D eigenvalue weighted by atomic mass is 9.99. The molecule has 1 heterocycles. The number of nitrogens with zero attached hydrogens (tertiary/aromatic N) is 1. The summed E-state index contributed by atoms with van der Waals surface area (Å²) >= 11 is 5.84. The van der Waals surface area contributed by atoms with Crippen molar-refractivity contribution in [1.82, 2.24) is 0 Å². The standard InChI is InChI=1S/C12H14ClNO8/c13-6-3-5(14(19)20)1-2-7(6)21-11-10(17)9(16)8(4-15)22-12(11)18/h1-3,8-12,15-18H,4H2/t8-,9-,10+,11-,12?/m1/s1. The molecule has 1 aliphatic heterocycles. The van der Waals surface area contributed by atoms with Crippen molar-refractivity contribution in [3.8, 4) is 5.75 Å². The van der Waals surface area contributed by atoms with Crippen LogP contribution in [0.2, 0.25) is 5.02 Å². The summed E-state index contributed by atoms with van der Waals surface area (Å²) in [5.41, 5.74) is -0.251.